The van der Waals surface area contributed by atoms with Crippen LogP contribution in [0.3, 0.4) is 0 Å². The van der Waals surface area contributed by atoms with Crippen molar-refractivity contribution in [2.24, 2.45) is 5.10 Å². The number of nitro groups is 1. The van der Waals surface area contributed by atoms with Gasteiger partial charge in [0, 0.05) is 22.2 Å². The maximum atomic E-state index is 11.9. The van der Waals surface area contributed by atoms with E-state index in [4.69, 9.17) is 4.42 Å². The van der Waals surface area contributed by atoms with Crippen molar-refractivity contribution in [2.45, 2.75) is 6.42 Å². The average molecular weight is 428 g/mol. The number of hydrogen-bond donors (Lipinski definition) is 1. The van der Waals surface area contributed by atoms with Crippen LogP contribution in [0, 0.1) is 10.1 Å². The van der Waals surface area contributed by atoms with Crippen LogP contribution in [0.4, 0.5) is 5.69 Å². The van der Waals surface area contributed by atoms with Gasteiger partial charge in [-0.3, -0.25) is 14.9 Å². The van der Waals surface area contributed by atoms with E-state index < -0.39 is 4.92 Å². The van der Waals surface area contributed by atoms with Crippen LogP contribution in [0.5, 0.6) is 0 Å². The number of nitrogens with zero attached hydrogens (tertiary/aromatic N) is 2. The Bertz CT molecular complexity index is 979. The normalized spacial score (nSPS) is 10.9. The summed E-state index contributed by atoms with van der Waals surface area (Å²) < 4.78 is 6.56. The molecule has 0 atom stereocenters. The van der Waals surface area contributed by atoms with E-state index in [0.29, 0.717) is 17.1 Å². The third kappa shape index (κ3) is 5.11. The number of hydrazone groups is 1. The van der Waals surface area contributed by atoms with Crippen molar-refractivity contribution in [2.75, 3.05) is 0 Å². The molecule has 3 aromatic rings. The van der Waals surface area contributed by atoms with Crippen molar-refractivity contribution >= 4 is 33.7 Å². The van der Waals surface area contributed by atoms with Gasteiger partial charge in [-0.05, 0) is 42.0 Å². The predicted molar refractivity (Wildman–Crippen MR) is 104 cm³/mol. The van der Waals surface area contributed by atoms with Crippen LogP contribution >= 0.6 is 15.9 Å². The smallest absolute Gasteiger partial charge is 0.269 e. The maximum absolute atomic E-state index is 11.9. The van der Waals surface area contributed by atoms with E-state index in [2.05, 4.69) is 26.5 Å². The van der Waals surface area contributed by atoms with Crippen molar-refractivity contribution < 1.29 is 14.1 Å². The van der Waals surface area contributed by atoms with Gasteiger partial charge in [0.1, 0.15) is 11.5 Å². The SMILES string of the molecule is O=C(Cc1ccc(Br)cc1)NN=Cc1ccc(-c2ccc([N+](=O)[O-])cc2)o1. The van der Waals surface area contributed by atoms with E-state index in [1.807, 2.05) is 24.3 Å². The van der Waals surface area contributed by atoms with E-state index in [9.17, 15) is 14.9 Å². The van der Waals surface area contributed by atoms with E-state index in [1.165, 1.54) is 18.3 Å². The Kier molecular flexibility index (Phi) is 5.77. The monoisotopic (exact) mass is 427 g/mol. The molecular formula is C19H14BrN3O4. The molecule has 1 aromatic heterocycles. The van der Waals surface area contributed by atoms with Gasteiger partial charge in [-0.15, -0.1) is 0 Å². The highest BCUT2D eigenvalue weighted by molar-refractivity contribution is 9.10. The Labute approximate surface area is 163 Å². The maximum Gasteiger partial charge on any atom is 0.269 e. The van der Waals surface area contributed by atoms with Gasteiger partial charge in [0.15, 0.2) is 0 Å². The molecule has 3 rings (SSSR count). The number of rotatable bonds is 6. The van der Waals surface area contributed by atoms with Crippen LogP contribution in [0.2, 0.25) is 0 Å². The van der Waals surface area contributed by atoms with Crippen molar-refractivity contribution in [1.82, 2.24) is 5.43 Å². The van der Waals surface area contributed by atoms with Crippen LogP contribution in [0.1, 0.15) is 11.3 Å². The molecule has 1 N–H and O–H groups in total. The van der Waals surface area contributed by atoms with E-state index in [0.717, 1.165) is 10.0 Å². The standard InChI is InChI=1S/C19H14BrN3O4/c20-15-5-1-13(2-6-15)11-19(24)22-21-12-17-9-10-18(27-17)14-3-7-16(8-4-14)23(25)26/h1-10,12H,11H2,(H,22,24). The van der Waals surface area contributed by atoms with Crippen molar-refractivity contribution in [3.63, 3.8) is 0 Å². The summed E-state index contributed by atoms with van der Waals surface area (Å²) in [5, 5.41) is 14.6. The number of furan rings is 1. The summed E-state index contributed by atoms with van der Waals surface area (Å²) in [5.74, 6) is 0.760. The number of non-ortho nitro benzene ring substituents is 1. The first-order chi connectivity index (χ1) is 13.0. The van der Waals surface area contributed by atoms with Crippen molar-refractivity contribution in [1.29, 1.82) is 0 Å². The minimum absolute atomic E-state index is 0.0144. The summed E-state index contributed by atoms with van der Waals surface area (Å²) in [7, 11) is 0. The Morgan fingerprint density at radius 2 is 1.81 bits per heavy atom. The van der Waals surface area contributed by atoms with Crippen molar-refractivity contribution in [3.05, 3.63) is 86.6 Å². The largest absolute Gasteiger partial charge is 0.455 e. The van der Waals surface area contributed by atoms with Crippen LogP contribution in [0.15, 0.2) is 74.7 Å². The Balaban J connectivity index is 1.57. The minimum atomic E-state index is -0.457. The van der Waals surface area contributed by atoms with Crippen LogP contribution in [-0.2, 0) is 11.2 Å². The highest BCUT2D eigenvalue weighted by atomic mass is 79.9. The molecule has 0 bridgehead atoms. The van der Waals surface area contributed by atoms with Gasteiger partial charge >= 0.3 is 0 Å². The Hall–Kier alpha value is -3.26. The molecule has 0 radical (unpaired) electrons. The lowest BCUT2D eigenvalue weighted by atomic mass is 10.1. The molecule has 1 heterocycles. The van der Waals surface area contributed by atoms with Gasteiger partial charge in [0.25, 0.3) is 5.69 Å². The molecular weight excluding hydrogens is 414 g/mol. The highest BCUT2D eigenvalue weighted by Gasteiger charge is 2.08. The minimum Gasteiger partial charge on any atom is -0.455 e. The lowest BCUT2D eigenvalue weighted by Crippen LogP contribution is -2.19. The van der Waals surface area contributed by atoms with Gasteiger partial charge in [0.05, 0.1) is 17.6 Å². The highest BCUT2D eigenvalue weighted by Crippen LogP contribution is 2.24. The zero-order chi connectivity index (χ0) is 19.2. The molecule has 27 heavy (non-hydrogen) atoms. The zero-order valence-electron chi connectivity index (χ0n) is 14.0. The van der Waals surface area contributed by atoms with Gasteiger partial charge in [-0.25, -0.2) is 5.43 Å². The van der Waals surface area contributed by atoms with Gasteiger partial charge in [-0.2, -0.15) is 5.10 Å². The number of carbonyl (C=O) groups excluding carboxylic acids is 1. The lowest BCUT2D eigenvalue weighted by Gasteiger charge is -2.00. The van der Waals surface area contributed by atoms with Gasteiger partial charge in [0.2, 0.25) is 5.91 Å². The third-order valence-corrected chi connectivity index (χ3v) is 4.18. The molecule has 7 nitrogen and oxygen atoms in total. The fourth-order valence-corrected chi connectivity index (χ4v) is 2.58. The first-order valence-electron chi connectivity index (χ1n) is 7.92. The number of benzene rings is 2. The molecule has 0 saturated carbocycles. The number of nitrogens with one attached hydrogen (secondary N) is 1. The fraction of sp³-hybridized carbons (Fsp3) is 0.0526. The molecule has 136 valence electrons. The molecule has 8 heteroatoms. The van der Waals surface area contributed by atoms with Crippen LogP contribution in [-0.4, -0.2) is 17.0 Å². The summed E-state index contributed by atoms with van der Waals surface area (Å²) in [5.41, 5.74) is 4.05. The molecule has 0 aliphatic carbocycles. The molecule has 0 aliphatic rings. The lowest BCUT2D eigenvalue weighted by molar-refractivity contribution is -0.384. The number of amides is 1. The van der Waals surface area contributed by atoms with E-state index >= 15 is 0 Å². The first-order valence-corrected chi connectivity index (χ1v) is 8.71. The molecule has 0 saturated heterocycles. The molecule has 0 aliphatic heterocycles. The quantitative estimate of drug-likeness (QED) is 0.359. The summed E-state index contributed by atoms with van der Waals surface area (Å²) in [6.45, 7) is 0. The second kappa shape index (κ2) is 8.41. The topological polar surface area (TPSA) is 97.7 Å². The van der Waals surface area contributed by atoms with Crippen molar-refractivity contribution in [3.8, 4) is 11.3 Å². The summed E-state index contributed by atoms with van der Waals surface area (Å²) in [6, 6.07) is 16.9. The van der Waals surface area contributed by atoms with Gasteiger partial charge in [-0.1, -0.05) is 28.1 Å². The number of carbonyl (C=O) groups is 1. The fourth-order valence-electron chi connectivity index (χ4n) is 2.32. The molecule has 1 amide bonds. The summed E-state index contributed by atoms with van der Waals surface area (Å²) >= 11 is 3.34. The third-order valence-electron chi connectivity index (χ3n) is 3.65. The number of hydrogen-bond acceptors (Lipinski definition) is 5. The average Bonchev–Trinajstić information content (AvgIpc) is 3.12. The zero-order valence-corrected chi connectivity index (χ0v) is 15.5. The molecule has 2 aromatic carbocycles. The second-order valence-electron chi connectivity index (χ2n) is 5.60. The van der Waals surface area contributed by atoms with Crippen LogP contribution in [0.25, 0.3) is 11.3 Å². The molecule has 0 spiro atoms. The predicted octanol–water partition coefficient (Wildman–Crippen LogP) is 4.31. The van der Waals surface area contributed by atoms with E-state index in [1.54, 1.807) is 24.3 Å². The molecule has 0 fully saturated rings. The molecule has 0 unspecified atom stereocenters. The summed E-state index contributed by atoms with van der Waals surface area (Å²) in [4.78, 5) is 22.1. The number of nitro benzene ring substituents is 1. The Morgan fingerprint density at radius 3 is 2.48 bits per heavy atom. The first kappa shape index (κ1) is 18.5. The summed E-state index contributed by atoms with van der Waals surface area (Å²) in [6.07, 6.45) is 1.62. The van der Waals surface area contributed by atoms with Crippen LogP contribution < -0.4 is 5.43 Å². The Morgan fingerprint density at radius 1 is 1.11 bits per heavy atom. The second-order valence-corrected chi connectivity index (χ2v) is 6.52. The van der Waals surface area contributed by atoms with Gasteiger partial charge < -0.3 is 4.42 Å². The van der Waals surface area contributed by atoms with E-state index in [-0.39, 0.29) is 18.0 Å². The number of halogens is 1.